The van der Waals surface area contributed by atoms with Crippen LogP contribution >= 0.6 is 11.3 Å². The van der Waals surface area contributed by atoms with Gasteiger partial charge in [0.05, 0.1) is 18.4 Å². The maximum Gasteiger partial charge on any atom is 0.350 e. The molecule has 5 heteroatoms. The number of thiophene rings is 1. The number of esters is 1. The number of ether oxygens (including phenoxy) is 1. The third-order valence-electron chi connectivity index (χ3n) is 2.75. The fourth-order valence-corrected chi connectivity index (χ4v) is 2.80. The first-order chi connectivity index (χ1) is 8.60. The van der Waals surface area contributed by atoms with Crippen LogP contribution in [0.2, 0.25) is 0 Å². The second-order valence-electron chi connectivity index (χ2n) is 3.88. The molecule has 0 atom stereocenters. The summed E-state index contributed by atoms with van der Waals surface area (Å²) < 4.78 is 6.67. The lowest BCUT2D eigenvalue weighted by Gasteiger charge is -2.10. The molecule has 0 saturated carbocycles. The molecule has 0 unspecified atom stereocenters. The Balaban J connectivity index is 2.73. The second-order valence-corrected chi connectivity index (χ2v) is 4.76. The van der Waals surface area contributed by atoms with Gasteiger partial charge in [-0.1, -0.05) is 0 Å². The minimum atomic E-state index is -0.413. The lowest BCUT2D eigenvalue weighted by molar-refractivity contribution is 0.0606. The van der Waals surface area contributed by atoms with Gasteiger partial charge in [0.2, 0.25) is 0 Å². The van der Waals surface area contributed by atoms with E-state index in [2.05, 4.69) is 6.07 Å². The first-order valence-electron chi connectivity index (χ1n) is 5.35. The standard InChI is InChI=1S/C13H12N2O2S/c1-8-4-5-9(2)15(8)11-10(6-14)7-18-12(11)13(16)17-3/h4-5,7H,1-3H3. The molecule has 0 bridgehead atoms. The molecule has 0 N–H and O–H groups in total. The second kappa shape index (κ2) is 4.67. The van der Waals surface area contributed by atoms with Gasteiger partial charge in [0.25, 0.3) is 0 Å². The Kier molecular flexibility index (Phi) is 3.21. The van der Waals surface area contributed by atoms with Crippen molar-refractivity contribution in [3.05, 3.63) is 39.3 Å². The van der Waals surface area contributed by atoms with Gasteiger partial charge in [0.1, 0.15) is 10.9 Å². The number of carbonyl (C=O) groups is 1. The normalized spacial score (nSPS) is 10.1. The van der Waals surface area contributed by atoms with E-state index in [9.17, 15) is 4.79 Å². The molecule has 0 amide bonds. The monoisotopic (exact) mass is 260 g/mol. The molecular weight excluding hydrogens is 248 g/mol. The van der Waals surface area contributed by atoms with Crippen molar-refractivity contribution in [2.75, 3.05) is 7.11 Å². The highest BCUT2D eigenvalue weighted by atomic mass is 32.1. The number of hydrogen-bond donors (Lipinski definition) is 0. The molecule has 92 valence electrons. The average Bonchev–Trinajstić information content (AvgIpc) is 2.92. The number of methoxy groups -OCH3 is 1. The van der Waals surface area contributed by atoms with E-state index in [1.807, 2.05) is 30.5 Å². The Hall–Kier alpha value is -2.06. The Morgan fingerprint density at radius 1 is 1.39 bits per heavy atom. The summed E-state index contributed by atoms with van der Waals surface area (Å²) in [7, 11) is 1.34. The van der Waals surface area contributed by atoms with Crippen LogP contribution in [0, 0.1) is 25.2 Å². The third-order valence-corrected chi connectivity index (χ3v) is 3.70. The molecule has 0 aliphatic carbocycles. The molecule has 0 aliphatic rings. The highest BCUT2D eigenvalue weighted by Gasteiger charge is 2.21. The van der Waals surface area contributed by atoms with Gasteiger partial charge in [0.15, 0.2) is 0 Å². The molecule has 4 nitrogen and oxygen atoms in total. The number of rotatable bonds is 2. The van der Waals surface area contributed by atoms with Crippen molar-refractivity contribution in [1.82, 2.24) is 4.57 Å². The van der Waals surface area contributed by atoms with Crippen LogP contribution in [0.4, 0.5) is 0 Å². The highest BCUT2D eigenvalue weighted by molar-refractivity contribution is 7.12. The van der Waals surface area contributed by atoms with E-state index in [0.717, 1.165) is 11.4 Å². The van der Waals surface area contributed by atoms with Crippen LogP contribution in [-0.2, 0) is 4.74 Å². The van der Waals surface area contributed by atoms with E-state index in [4.69, 9.17) is 10.00 Å². The molecule has 0 aromatic carbocycles. The third kappa shape index (κ3) is 1.81. The summed E-state index contributed by atoms with van der Waals surface area (Å²) in [6, 6.07) is 6.03. The van der Waals surface area contributed by atoms with Gasteiger partial charge in [-0.05, 0) is 26.0 Å². The Morgan fingerprint density at radius 2 is 2.00 bits per heavy atom. The molecule has 2 aromatic rings. The minimum absolute atomic E-state index is 0.413. The minimum Gasteiger partial charge on any atom is -0.465 e. The van der Waals surface area contributed by atoms with Crippen LogP contribution in [0.15, 0.2) is 17.5 Å². The van der Waals surface area contributed by atoms with Crippen molar-refractivity contribution in [2.24, 2.45) is 0 Å². The Bertz CT molecular complexity index is 627. The first kappa shape index (κ1) is 12.4. The van der Waals surface area contributed by atoms with Crippen molar-refractivity contribution >= 4 is 17.3 Å². The topological polar surface area (TPSA) is 55.0 Å². The van der Waals surface area contributed by atoms with Gasteiger partial charge in [-0.25, -0.2) is 4.79 Å². The fourth-order valence-electron chi connectivity index (χ4n) is 1.91. The highest BCUT2D eigenvalue weighted by Crippen LogP contribution is 2.29. The number of nitrogens with zero attached hydrogens (tertiary/aromatic N) is 2. The largest absolute Gasteiger partial charge is 0.465 e. The summed E-state index contributed by atoms with van der Waals surface area (Å²) >= 11 is 1.23. The van der Waals surface area contributed by atoms with Crippen molar-refractivity contribution in [3.8, 4) is 11.8 Å². The summed E-state index contributed by atoms with van der Waals surface area (Å²) in [4.78, 5) is 12.2. The van der Waals surface area contributed by atoms with Crippen LogP contribution in [-0.4, -0.2) is 17.6 Å². The molecule has 0 radical (unpaired) electrons. The fraction of sp³-hybridized carbons (Fsp3) is 0.231. The average molecular weight is 260 g/mol. The van der Waals surface area contributed by atoms with E-state index >= 15 is 0 Å². The first-order valence-corrected chi connectivity index (χ1v) is 6.23. The zero-order valence-corrected chi connectivity index (χ0v) is 11.2. The molecule has 0 fully saturated rings. The number of hydrogen-bond acceptors (Lipinski definition) is 4. The van der Waals surface area contributed by atoms with Crippen LogP contribution in [0.5, 0.6) is 0 Å². The Labute approximate surface area is 109 Å². The maximum atomic E-state index is 11.7. The lowest BCUT2D eigenvalue weighted by Crippen LogP contribution is -2.07. The van der Waals surface area contributed by atoms with Crippen LogP contribution < -0.4 is 0 Å². The summed E-state index contributed by atoms with van der Waals surface area (Å²) in [6.07, 6.45) is 0. The summed E-state index contributed by atoms with van der Waals surface area (Å²) in [5, 5.41) is 10.8. The van der Waals surface area contributed by atoms with E-state index in [0.29, 0.717) is 16.1 Å². The quantitative estimate of drug-likeness (QED) is 0.780. The van der Waals surface area contributed by atoms with Crippen molar-refractivity contribution in [1.29, 1.82) is 5.26 Å². The van der Waals surface area contributed by atoms with Crippen molar-refractivity contribution in [3.63, 3.8) is 0 Å². The van der Waals surface area contributed by atoms with Crippen molar-refractivity contribution in [2.45, 2.75) is 13.8 Å². The van der Waals surface area contributed by atoms with Crippen molar-refractivity contribution < 1.29 is 9.53 Å². The zero-order chi connectivity index (χ0) is 13.3. The number of aryl methyl sites for hydroxylation is 2. The summed E-state index contributed by atoms with van der Waals surface area (Å²) in [5.41, 5.74) is 3.07. The van der Waals surface area contributed by atoms with E-state index in [-0.39, 0.29) is 0 Å². The lowest BCUT2D eigenvalue weighted by atomic mass is 10.2. The maximum absolute atomic E-state index is 11.7. The van der Waals surface area contributed by atoms with Gasteiger partial charge < -0.3 is 9.30 Å². The predicted octanol–water partition coefficient (Wildman–Crippen LogP) is 2.81. The van der Waals surface area contributed by atoms with E-state index in [1.54, 1.807) is 5.38 Å². The SMILES string of the molecule is COC(=O)c1scc(C#N)c1-n1c(C)ccc1C. The van der Waals surface area contributed by atoms with Gasteiger partial charge in [-0.3, -0.25) is 0 Å². The van der Waals surface area contributed by atoms with E-state index < -0.39 is 5.97 Å². The smallest absolute Gasteiger partial charge is 0.350 e. The van der Waals surface area contributed by atoms with Crippen LogP contribution in [0.1, 0.15) is 26.6 Å². The number of aromatic nitrogens is 1. The van der Waals surface area contributed by atoms with Gasteiger partial charge in [-0.15, -0.1) is 11.3 Å². The summed E-state index contributed by atoms with van der Waals surface area (Å²) in [6.45, 7) is 3.87. The number of nitriles is 1. The van der Waals surface area contributed by atoms with Gasteiger partial charge in [0, 0.05) is 16.8 Å². The molecule has 2 heterocycles. The molecular formula is C13H12N2O2S. The van der Waals surface area contributed by atoms with Crippen LogP contribution in [0.25, 0.3) is 5.69 Å². The van der Waals surface area contributed by atoms with Gasteiger partial charge >= 0.3 is 5.97 Å². The molecule has 2 rings (SSSR count). The number of carbonyl (C=O) groups excluding carboxylic acids is 1. The molecule has 0 saturated heterocycles. The van der Waals surface area contributed by atoms with Crippen LogP contribution in [0.3, 0.4) is 0 Å². The molecule has 2 aromatic heterocycles. The predicted molar refractivity (Wildman–Crippen MR) is 69.2 cm³/mol. The molecule has 0 spiro atoms. The molecule has 0 aliphatic heterocycles. The Morgan fingerprint density at radius 3 is 2.50 bits per heavy atom. The summed E-state index contributed by atoms with van der Waals surface area (Å²) in [5.74, 6) is -0.413. The van der Waals surface area contributed by atoms with Gasteiger partial charge in [-0.2, -0.15) is 5.26 Å². The van der Waals surface area contributed by atoms with E-state index in [1.165, 1.54) is 18.4 Å². The zero-order valence-electron chi connectivity index (χ0n) is 10.4. The molecule has 18 heavy (non-hydrogen) atoms.